The van der Waals surface area contributed by atoms with Crippen LogP contribution < -0.4 is 0 Å². The minimum absolute atomic E-state index is 0.00464. The van der Waals surface area contributed by atoms with Crippen LogP contribution in [0, 0.1) is 0 Å². The van der Waals surface area contributed by atoms with Gasteiger partial charge in [0.2, 0.25) is 0 Å². The van der Waals surface area contributed by atoms with Gasteiger partial charge in [0, 0.05) is 43.8 Å². The van der Waals surface area contributed by atoms with Crippen LogP contribution in [-0.2, 0) is 0 Å². The molecule has 0 amide bonds. The number of rotatable bonds is 6. The van der Waals surface area contributed by atoms with Crippen LogP contribution in [0.1, 0.15) is 12.3 Å². The minimum atomic E-state index is -0.528. The van der Waals surface area contributed by atoms with Crippen LogP contribution in [0.2, 0.25) is 0 Å². The number of aromatic nitrogens is 4. The van der Waals surface area contributed by atoms with E-state index < -0.39 is 24.2 Å². The van der Waals surface area contributed by atoms with Gasteiger partial charge in [0.1, 0.15) is 11.2 Å². The van der Waals surface area contributed by atoms with Crippen molar-refractivity contribution in [3.63, 3.8) is 0 Å². The monoisotopic (exact) mass is 725 g/mol. The van der Waals surface area contributed by atoms with E-state index in [2.05, 4.69) is 0 Å². The van der Waals surface area contributed by atoms with Gasteiger partial charge in [-0.2, -0.15) is 0 Å². The summed E-state index contributed by atoms with van der Waals surface area (Å²) < 4.78 is 89.5. The Morgan fingerprint density at radius 3 is 1.91 bits per heavy atom. The van der Waals surface area contributed by atoms with Gasteiger partial charge in [0.25, 0.3) is 0 Å². The Kier molecular flexibility index (Phi) is 5.57. The molecule has 0 aliphatic heterocycles. The summed E-state index contributed by atoms with van der Waals surface area (Å²) in [4.78, 5) is 15.2. The van der Waals surface area contributed by atoms with E-state index in [1.807, 2.05) is 115 Å². The summed E-state index contributed by atoms with van der Waals surface area (Å²) in [7, 11) is 0. The highest BCUT2D eigenvalue weighted by molar-refractivity contribution is 6.16. The highest BCUT2D eigenvalue weighted by Gasteiger charge is 2.22. The largest absolute Gasteiger partial charge is 0.455 e. The zero-order valence-corrected chi connectivity index (χ0v) is 29.5. The number of hydrogen-bond donors (Lipinski definition) is 0. The van der Waals surface area contributed by atoms with E-state index >= 15 is 0 Å². The van der Waals surface area contributed by atoms with Crippen LogP contribution in [-0.4, -0.2) is 19.5 Å². The highest BCUT2D eigenvalue weighted by atomic mass is 16.3. The Morgan fingerprint density at radius 1 is 0.429 bits per heavy atom. The molecule has 0 atom stereocenters. The fraction of sp³-hybridized carbons (Fsp3) is 0. The van der Waals surface area contributed by atoms with E-state index in [-0.39, 0.29) is 69.0 Å². The van der Waals surface area contributed by atoms with Crippen molar-refractivity contribution in [1.29, 1.82) is 0 Å². The van der Waals surface area contributed by atoms with Crippen LogP contribution in [0.15, 0.2) is 198 Å². The van der Waals surface area contributed by atoms with Crippen LogP contribution >= 0.6 is 0 Å². The third-order valence-corrected chi connectivity index (χ3v) is 10.0. The Morgan fingerprint density at radius 2 is 1.12 bits per heavy atom. The first kappa shape index (κ1) is 23.9. The molecule has 262 valence electrons. The van der Waals surface area contributed by atoms with Gasteiger partial charge >= 0.3 is 0 Å². The lowest BCUT2D eigenvalue weighted by Gasteiger charge is -2.16. The van der Waals surface area contributed by atoms with Crippen molar-refractivity contribution in [2.24, 2.45) is 0 Å². The Bertz CT molecular complexity index is 3700. The zero-order chi connectivity index (χ0) is 44.8. The molecule has 3 heterocycles. The second-order valence-electron chi connectivity index (χ2n) is 13.3. The summed E-state index contributed by atoms with van der Waals surface area (Å²) in [6.45, 7) is 0. The predicted molar refractivity (Wildman–Crippen MR) is 229 cm³/mol. The summed E-state index contributed by atoms with van der Waals surface area (Å²) in [6.07, 6.45) is 0. The molecule has 0 saturated heterocycles. The SMILES string of the molecule is [2H]c1cc([2H])c(-c2c([2H])cc([2H])c3c2c2c([2H])c([2H])c([2H])c([2H])c2n3-c2ccc(-c3cccc4c3oc3ccccc34)cc2-c2nc(-c3ccccc3)nc(-c3ccccc3)n2)c([2H])c1. The lowest BCUT2D eigenvalue weighted by molar-refractivity contribution is 0.670. The smallest absolute Gasteiger partial charge is 0.166 e. The van der Waals surface area contributed by atoms with Gasteiger partial charge in [-0.25, -0.2) is 15.0 Å². The zero-order valence-electron chi connectivity index (χ0n) is 38.5. The van der Waals surface area contributed by atoms with Crippen molar-refractivity contribution in [2.45, 2.75) is 0 Å². The first-order chi connectivity index (χ1) is 31.5. The van der Waals surface area contributed by atoms with E-state index in [1.165, 1.54) is 18.2 Å². The average Bonchev–Trinajstić information content (AvgIpc) is 3.88. The van der Waals surface area contributed by atoms with E-state index in [0.29, 0.717) is 34.0 Å². The second-order valence-corrected chi connectivity index (χ2v) is 13.3. The van der Waals surface area contributed by atoms with Crippen LogP contribution in [0.3, 0.4) is 0 Å². The normalized spacial score (nSPS) is 13.8. The molecular formula is C51H32N4O. The molecule has 11 aromatic rings. The van der Waals surface area contributed by atoms with Crippen LogP contribution in [0.4, 0.5) is 0 Å². The number of fused-ring (bicyclic) bond motifs is 6. The summed E-state index contributed by atoms with van der Waals surface area (Å²) in [6, 6.07) is 39.3. The van der Waals surface area contributed by atoms with Crippen molar-refractivity contribution in [3.8, 4) is 62.1 Å². The molecule has 3 aromatic heterocycles. The molecule has 0 radical (unpaired) electrons. The van der Waals surface area contributed by atoms with Crippen molar-refractivity contribution in [3.05, 3.63) is 194 Å². The Labute approximate surface area is 335 Å². The summed E-state index contributed by atoms with van der Waals surface area (Å²) >= 11 is 0. The molecule has 0 fully saturated rings. The average molecular weight is 726 g/mol. The number of benzene rings is 8. The van der Waals surface area contributed by atoms with Crippen LogP contribution in [0.5, 0.6) is 0 Å². The van der Waals surface area contributed by atoms with Gasteiger partial charge in [-0.3, -0.25) is 0 Å². The molecule has 5 nitrogen and oxygen atoms in total. The summed E-state index contributed by atoms with van der Waals surface area (Å²) in [5.74, 6) is 0.972. The standard InChI is InChI=1S/C51H32N4O/c1-4-16-33(17-5-1)37-24-15-28-45-47(37)41-23-10-12-27-43(41)55(45)44-31-30-36(38-25-14-26-40-39-22-11-13-29-46(39)56-48(38)40)32-42(44)51-53-49(34-18-6-2-7-19-34)52-50(54-51)35-20-8-3-9-21-35/h1-32H/i1D,10D,12D,16D,17D,23D,24D,27D,28D. The number of furan rings is 1. The molecule has 0 spiro atoms. The molecule has 0 N–H and O–H groups in total. The van der Waals surface area contributed by atoms with E-state index in [0.717, 1.165) is 33.0 Å². The lowest BCUT2D eigenvalue weighted by atomic mass is 9.98. The Hall–Kier alpha value is -7.63. The van der Waals surface area contributed by atoms with Gasteiger partial charge in [-0.05, 0) is 47.0 Å². The molecule has 0 bridgehead atoms. The third-order valence-electron chi connectivity index (χ3n) is 10.0. The van der Waals surface area contributed by atoms with Gasteiger partial charge in [-0.1, -0.05) is 164 Å². The molecule has 0 aliphatic carbocycles. The number of nitrogens with zero attached hydrogens (tertiary/aromatic N) is 4. The van der Waals surface area contributed by atoms with E-state index in [9.17, 15) is 5.48 Å². The molecule has 0 saturated carbocycles. The minimum Gasteiger partial charge on any atom is -0.455 e. The van der Waals surface area contributed by atoms with Gasteiger partial charge < -0.3 is 8.98 Å². The first-order valence-electron chi connectivity index (χ1n) is 22.5. The second kappa shape index (κ2) is 13.0. The Balaban J connectivity index is 1.31. The maximum absolute atomic E-state index is 9.53. The van der Waals surface area contributed by atoms with E-state index in [4.69, 9.17) is 26.2 Å². The molecule has 11 rings (SSSR count). The number of para-hydroxylation sites is 3. The summed E-state index contributed by atoms with van der Waals surface area (Å²) in [5, 5.41) is 1.97. The maximum atomic E-state index is 9.53. The van der Waals surface area contributed by atoms with Gasteiger partial charge in [0.15, 0.2) is 17.5 Å². The van der Waals surface area contributed by atoms with Crippen molar-refractivity contribution >= 4 is 43.7 Å². The molecule has 56 heavy (non-hydrogen) atoms. The van der Waals surface area contributed by atoms with Crippen LogP contribution in [0.25, 0.3) is 106 Å². The summed E-state index contributed by atoms with van der Waals surface area (Å²) in [5.41, 5.74) is 5.21. The maximum Gasteiger partial charge on any atom is 0.166 e. The number of hydrogen-bond acceptors (Lipinski definition) is 4. The van der Waals surface area contributed by atoms with Crippen molar-refractivity contribution in [2.75, 3.05) is 0 Å². The van der Waals surface area contributed by atoms with Gasteiger partial charge in [-0.15, -0.1) is 0 Å². The van der Waals surface area contributed by atoms with Crippen molar-refractivity contribution in [1.82, 2.24) is 19.5 Å². The fourth-order valence-electron chi connectivity index (χ4n) is 7.50. The lowest BCUT2D eigenvalue weighted by Crippen LogP contribution is -2.04. The van der Waals surface area contributed by atoms with E-state index in [1.54, 1.807) is 10.6 Å². The predicted octanol–water partition coefficient (Wildman–Crippen LogP) is 13.2. The first-order valence-corrected chi connectivity index (χ1v) is 18.0. The molecule has 8 aromatic carbocycles. The third kappa shape index (κ3) is 5.21. The highest BCUT2D eigenvalue weighted by Crippen LogP contribution is 2.43. The van der Waals surface area contributed by atoms with Gasteiger partial charge in [0.05, 0.1) is 29.1 Å². The molecule has 5 heteroatoms. The quantitative estimate of drug-likeness (QED) is 0.171. The molecular weight excluding hydrogens is 685 g/mol. The topological polar surface area (TPSA) is 56.7 Å². The molecule has 0 unspecified atom stereocenters. The fourth-order valence-corrected chi connectivity index (χ4v) is 7.50. The van der Waals surface area contributed by atoms with Crippen molar-refractivity contribution < 1.29 is 16.8 Å². The molecule has 0 aliphatic rings.